The van der Waals surface area contributed by atoms with Gasteiger partial charge in [-0.05, 0) is 36.6 Å². The zero-order valence-electron chi connectivity index (χ0n) is 10.4. The molecule has 2 rings (SSSR count). The average molecular weight is 248 g/mol. The van der Waals surface area contributed by atoms with Crippen LogP contribution < -0.4 is 5.32 Å². The number of amides is 1. The van der Waals surface area contributed by atoms with Crippen LogP contribution >= 0.6 is 0 Å². The van der Waals surface area contributed by atoms with Crippen molar-refractivity contribution in [2.45, 2.75) is 26.2 Å². The summed E-state index contributed by atoms with van der Waals surface area (Å²) in [6.07, 6.45) is 3.99. The first-order chi connectivity index (χ1) is 8.70. The van der Waals surface area contributed by atoms with Gasteiger partial charge in [-0.25, -0.2) is 4.39 Å². The SMILES string of the molecule is CCCC(=O)NCCc1c[nH]c2ccc(F)cc12. The summed E-state index contributed by atoms with van der Waals surface area (Å²) in [5.41, 5.74) is 1.95. The van der Waals surface area contributed by atoms with Gasteiger partial charge in [0.05, 0.1) is 0 Å². The van der Waals surface area contributed by atoms with Crippen LogP contribution in [0.3, 0.4) is 0 Å². The number of aromatic amines is 1. The second kappa shape index (κ2) is 5.67. The Morgan fingerprint density at radius 2 is 2.28 bits per heavy atom. The second-order valence-electron chi connectivity index (χ2n) is 4.35. The van der Waals surface area contributed by atoms with E-state index in [1.807, 2.05) is 13.1 Å². The van der Waals surface area contributed by atoms with Gasteiger partial charge in [-0.15, -0.1) is 0 Å². The van der Waals surface area contributed by atoms with E-state index in [4.69, 9.17) is 0 Å². The van der Waals surface area contributed by atoms with Crippen LogP contribution in [0, 0.1) is 5.82 Å². The highest BCUT2D eigenvalue weighted by atomic mass is 19.1. The van der Waals surface area contributed by atoms with Crippen LogP contribution in [0.1, 0.15) is 25.3 Å². The van der Waals surface area contributed by atoms with Gasteiger partial charge in [-0.2, -0.15) is 0 Å². The first kappa shape index (κ1) is 12.6. The maximum absolute atomic E-state index is 13.2. The molecular weight excluding hydrogens is 231 g/mol. The number of nitrogens with one attached hydrogen (secondary N) is 2. The molecule has 4 heteroatoms. The van der Waals surface area contributed by atoms with Crippen LogP contribution in [0.5, 0.6) is 0 Å². The molecule has 1 aromatic carbocycles. The third-order valence-electron chi connectivity index (χ3n) is 2.92. The van der Waals surface area contributed by atoms with Crippen LogP contribution in [-0.2, 0) is 11.2 Å². The summed E-state index contributed by atoms with van der Waals surface area (Å²) in [5, 5.41) is 3.74. The zero-order chi connectivity index (χ0) is 13.0. The Hall–Kier alpha value is -1.84. The molecule has 3 nitrogen and oxygen atoms in total. The third kappa shape index (κ3) is 2.88. The van der Waals surface area contributed by atoms with E-state index in [1.165, 1.54) is 12.1 Å². The molecule has 0 unspecified atom stereocenters. The Labute approximate surface area is 105 Å². The lowest BCUT2D eigenvalue weighted by molar-refractivity contribution is -0.121. The number of carbonyl (C=O) groups excluding carboxylic acids is 1. The van der Waals surface area contributed by atoms with Crippen molar-refractivity contribution < 1.29 is 9.18 Å². The lowest BCUT2D eigenvalue weighted by atomic mass is 10.1. The summed E-state index contributed by atoms with van der Waals surface area (Å²) in [5.74, 6) is -0.165. The van der Waals surface area contributed by atoms with E-state index in [9.17, 15) is 9.18 Å². The molecule has 0 bridgehead atoms. The molecule has 18 heavy (non-hydrogen) atoms. The Bertz CT molecular complexity index is 548. The second-order valence-corrected chi connectivity index (χ2v) is 4.35. The highest BCUT2D eigenvalue weighted by Crippen LogP contribution is 2.19. The quantitative estimate of drug-likeness (QED) is 0.839. The average Bonchev–Trinajstić information content (AvgIpc) is 2.72. The van der Waals surface area contributed by atoms with Crippen LogP contribution in [0.25, 0.3) is 10.9 Å². The number of rotatable bonds is 5. The van der Waals surface area contributed by atoms with Gasteiger partial charge in [0.1, 0.15) is 5.82 Å². The highest BCUT2D eigenvalue weighted by molar-refractivity contribution is 5.83. The molecule has 1 heterocycles. The number of benzene rings is 1. The summed E-state index contributed by atoms with van der Waals surface area (Å²) in [6, 6.07) is 4.69. The van der Waals surface area contributed by atoms with E-state index >= 15 is 0 Å². The summed E-state index contributed by atoms with van der Waals surface area (Å²) in [6.45, 7) is 2.56. The summed E-state index contributed by atoms with van der Waals surface area (Å²) in [7, 11) is 0. The van der Waals surface area contributed by atoms with Gasteiger partial charge in [0.2, 0.25) is 5.91 Å². The van der Waals surface area contributed by atoms with Gasteiger partial charge in [0.25, 0.3) is 0 Å². The van der Waals surface area contributed by atoms with Crippen molar-refractivity contribution in [1.82, 2.24) is 10.3 Å². The lowest BCUT2D eigenvalue weighted by Crippen LogP contribution is -2.25. The highest BCUT2D eigenvalue weighted by Gasteiger charge is 2.05. The normalized spacial score (nSPS) is 10.8. The predicted octanol–water partition coefficient (Wildman–Crippen LogP) is 2.77. The smallest absolute Gasteiger partial charge is 0.219 e. The standard InChI is InChI=1S/C14H17FN2O/c1-2-3-14(18)16-7-6-10-9-17-13-5-4-11(15)8-12(10)13/h4-5,8-9,17H,2-3,6-7H2,1H3,(H,16,18). The van der Waals surface area contributed by atoms with E-state index in [0.29, 0.717) is 19.4 Å². The molecule has 0 spiro atoms. The molecule has 96 valence electrons. The number of hydrogen-bond acceptors (Lipinski definition) is 1. The minimum absolute atomic E-state index is 0.0727. The number of aromatic nitrogens is 1. The number of H-pyrrole nitrogens is 1. The molecule has 0 fully saturated rings. The number of halogens is 1. The first-order valence-corrected chi connectivity index (χ1v) is 6.23. The molecule has 1 aromatic heterocycles. The summed E-state index contributed by atoms with van der Waals surface area (Å²) < 4.78 is 13.2. The van der Waals surface area contributed by atoms with Crippen LogP contribution in [0.15, 0.2) is 24.4 Å². The van der Waals surface area contributed by atoms with Crippen molar-refractivity contribution in [3.63, 3.8) is 0 Å². The van der Waals surface area contributed by atoms with Gasteiger partial charge in [-0.1, -0.05) is 6.92 Å². The van der Waals surface area contributed by atoms with E-state index in [1.54, 1.807) is 6.07 Å². The Kier molecular flexibility index (Phi) is 3.97. The Morgan fingerprint density at radius 3 is 3.06 bits per heavy atom. The fraction of sp³-hybridized carbons (Fsp3) is 0.357. The van der Waals surface area contributed by atoms with E-state index in [2.05, 4.69) is 10.3 Å². The van der Waals surface area contributed by atoms with Crippen LogP contribution in [0.2, 0.25) is 0 Å². The fourth-order valence-corrected chi connectivity index (χ4v) is 2.01. The minimum atomic E-state index is -0.238. The fourth-order valence-electron chi connectivity index (χ4n) is 2.01. The van der Waals surface area contributed by atoms with Crippen molar-refractivity contribution >= 4 is 16.8 Å². The lowest BCUT2D eigenvalue weighted by Gasteiger charge is -2.03. The van der Waals surface area contributed by atoms with Crippen molar-refractivity contribution in [1.29, 1.82) is 0 Å². The summed E-state index contributed by atoms with van der Waals surface area (Å²) in [4.78, 5) is 14.4. The van der Waals surface area contributed by atoms with E-state index < -0.39 is 0 Å². The molecule has 2 N–H and O–H groups in total. The minimum Gasteiger partial charge on any atom is -0.361 e. The third-order valence-corrected chi connectivity index (χ3v) is 2.92. The molecule has 0 saturated heterocycles. The molecular formula is C14H17FN2O. The molecule has 0 aliphatic heterocycles. The maximum Gasteiger partial charge on any atom is 0.219 e. The molecule has 2 aromatic rings. The Morgan fingerprint density at radius 1 is 1.44 bits per heavy atom. The maximum atomic E-state index is 13.2. The summed E-state index contributed by atoms with van der Waals surface area (Å²) >= 11 is 0. The van der Waals surface area contributed by atoms with Crippen molar-refractivity contribution in [3.8, 4) is 0 Å². The van der Waals surface area contributed by atoms with Gasteiger partial charge in [-0.3, -0.25) is 4.79 Å². The largest absolute Gasteiger partial charge is 0.361 e. The number of hydrogen-bond donors (Lipinski definition) is 2. The van der Waals surface area contributed by atoms with Gasteiger partial charge in [0.15, 0.2) is 0 Å². The zero-order valence-corrected chi connectivity index (χ0v) is 10.4. The monoisotopic (exact) mass is 248 g/mol. The van der Waals surface area contributed by atoms with Crippen LogP contribution in [-0.4, -0.2) is 17.4 Å². The van der Waals surface area contributed by atoms with Crippen molar-refractivity contribution in [2.24, 2.45) is 0 Å². The number of carbonyl (C=O) groups is 1. The van der Waals surface area contributed by atoms with Gasteiger partial charge < -0.3 is 10.3 Å². The van der Waals surface area contributed by atoms with E-state index in [-0.39, 0.29) is 11.7 Å². The molecule has 0 aliphatic carbocycles. The van der Waals surface area contributed by atoms with Gasteiger partial charge >= 0.3 is 0 Å². The predicted molar refractivity (Wildman–Crippen MR) is 69.9 cm³/mol. The van der Waals surface area contributed by atoms with Gasteiger partial charge in [0, 0.05) is 30.1 Å². The first-order valence-electron chi connectivity index (χ1n) is 6.23. The molecule has 0 atom stereocenters. The molecule has 0 radical (unpaired) electrons. The Balaban J connectivity index is 1.99. The van der Waals surface area contributed by atoms with E-state index in [0.717, 1.165) is 22.9 Å². The van der Waals surface area contributed by atoms with Crippen molar-refractivity contribution in [2.75, 3.05) is 6.54 Å². The van der Waals surface area contributed by atoms with Crippen LogP contribution in [0.4, 0.5) is 4.39 Å². The molecule has 1 amide bonds. The topological polar surface area (TPSA) is 44.9 Å². The number of fused-ring (bicyclic) bond motifs is 1. The molecule has 0 aliphatic rings. The molecule has 0 saturated carbocycles. The van der Waals surface area contributed by atoms with Crippen molar-refractivity contribution in [3.05, 3.63) is 35.8 Å².